The third kappa shape index (κ3) is 8.29. The summed E-state index contributed by atoms with van der Waals surface area (Å²) < 4.78 is 60.7. The minimum absolute atomic E-state index is 0.337. The Morgan fingerprint density at radius 2 is 2.00 bits per heavy atom. The van der Waals surface area contributed by atoms with E-state index in [1.54, 1.807) is 6.92 Å². The van der Waals surface area contributed by atoms with Crippen molar-refractivity contribution in [3.63, 3.8) is 0 Å². The van der Waals surface area contributed by atoms with Crippen molar-refractivity contribution in [3.05, 3.63) is 0 Å². The highest BCUT2D eigenvalue weighted by Gasteiger charge is 2.28. The third-order valence-electron chi connectivity index (χ3n) is 2.15. The number of hydrogen-bond donors (Lipinski definition) is 3. The molecule has 5 nitrogen and oxygen atoms in total. The Balaban J connectivity index is 4.33. The van der Waals surface area contributed by atoms with Crippen LogP contribution in [0.3, 0.4) is 0 Å². The second-order valence-electron chi connectivity index (χ2n) is 3.95. The Labute approximate surface area is 104 Å². The van der Waals surface area contributed by atoms with E-state index in [2.05, 4.69) is 4.72 Å². The molecule has 9 heteroatoms. The van der Waals surface area contributed by atoms with Gasteiger partial charge in [-0.2, -0.15) is 13.2 Å². The van der Waals surface area contributed by atoms with Crippen LogP contribution in [-0.2, 0) is 10.0 Å². The molecule has 1 atom stereocenters. The summed E-state index contributed by atoms with van der Waals surface area (Å²) in [6, 6.07) is -0.842. The Morgan fingerprint density at radius 3 is 2.39 bits per heavy atom. The smallest absolute Gasteiger partial charge is 0.386 e. The lowest BCUT2D eigenvalue weighted by atomic mass is 10.2. The molecule has 0 saturated heterocycles. The van der Waals surface area contributed by atoms with Crippen molar-refractivity contribution >= 4 is 15.9 Å². The molecule has 0 fully saturated rings. The predicted molar refractivity (Wildman–Crippen MR) is 62.8 cm³/mol. The minimum Gasteiger partial charge on any atom is -0.386 e. The van der Waals surface area contributed by atoms with Gasteiger partial charge in [0.15, 0.2) is 0 Å². The van der Waals surface area contributed by atoms with E-state index in [1.165, 1.54) is 0 Å². The molecule has 0 radical (unpaired) electrons. The first-order chi connectivity index (χ1) is 8.07. The summed E-state index contributed by atoms with van der Waals surface area (Å²) in [6.45, 7) is 1.79. The van der Waals surface area contributed by atoms with Gasteiger partial charge < -0.3 is 5.73 Å². The van der Waals surface area contributed by atoms with Crippen LogP contribution < -0.4 is 10.5 Å². The van der Waals surface area contributed by atoms with Crippen LogP contribution in [0.15, 0.2) is 0 Å². The highest BCUT2D eigenvalue weighted by molar-refractivity contribution is 7.89. The minimum atomic E-state index is -4.36. The van der Waals surface area contributed by atoms with E-state index in [1.807, 2.05) is 0 Å². The van der Waals surface area contributed by atoms with E-state index >= 15 is 0 Å². The Hall–Kier alpha value is -0.830. The van der Waals surface area contributed by atoms with E-state index < -0.39 is 40.8 Å². The fourth-order valence-electron chi connectivity index (χ4n) is 1.30. The summed E-state index contributed by atoms with van der Waals surface area (Å²) in [5.41, 5.74) is 5.20. The van der Waals surface area contributed by atoms with Crippen molar-refractivity contribution in [1.82, 2.24) is 4.72 Å². The van der Waals surface area contributed by atoms with Gasteiger partial charge in [-0.05, 0) is 12.8 Å². The van der Waals surface area contributed by atoms with Gasteiger partial charge in [0, 0.05) is 6.42 Å². The fraction of sp³-hybridized carbons (Fsp3) is 0.889. The van der Waals surface area contributed by atoms with Crippen molar-refractivity contribution in [2.24, 2.45) is 5.73 Å². The SMILES string of the molecule is CCCC(NS(=O)(=O)CCCC(F)(F)F)C(=N)N. The van der Waals surface area contributed by atoms with Crippen LogP contribution in [0.25, 0.3) is 0 Å². The molecule has 0 aliphatic carbocycles. The van der Waals surface area contributed by atoms with Gasteiger partial charge in [-0.1, -0.05) is 13.3 Å². The standard InChI is InChI=1S/C9H18F3N3O2S/c1-2-4-7(8(13)14)15-18(16,17)6-3-5-9(10,11)12/h7,15H,2-6H2,1H3,(H3,13,14). The van der Waals surface area contributed by atoms with Crippen LogP contribution in [-0.4, -0.2) is 32.2 Å². The molecular formula is C9H18F3N3O2S. The maximum absolute atomic E-state index is 11.9. The maximum atomic E-state index is 11.9. The van der Waals surface area contributed by atoms with Crippen LogP contribution in [0, 0.1) is 5.41 Å². The van der Waals surface area contributed by atoms with E-state index in [0.29, 0.717) is 12.8 Å². The van der Waals surface area contributed by atoms with E-state index in [0.717, 1.165) is 0 Å². The molecule has 0 rings (SSSR count). The van der Waals surface area contributed by atoms with Crippen LogP contribution in [0.5, 0.6) is 0 Å². The van der Waals surface area contributed by atoms with Crippen molar-refractivity contribution in [2.45, 2.75) is 44.8 Å². The Bertz CT molecular complexity index is 368. The van der Waals surface area contributed by atoms with Gasteiger partial charge in [-0.25, -0.2) is 13.1 Å². The number of nitrogens with two attached hydrogens (primary N) is 1. The van der Waals surface area contributed by atoms with E-state index in [-0.39, 0.29) is 5.84 Å². The molecule has 108 valence electrons. The molecule has 0 heterocycles. The lowest BCUT2D eigenvalue weighted by Gasteiger charge is -2.16. The van der Waals surface area contributed by atoms with Gasteiger partial charge in [0.05, 0.1) is 11.8 Å². The summed E-state index contributed by atoms with van der Waals surface area (Å²) in [7, 11) is -3.84. The zero-order valence-electron chi connectivity index (χ0n) is 10.0. The highest BCUT2D eigenvalue weighted by atomic mass is 32.2. The molecule has 0 aromatic rings. The Kier molecular flexibility index (Phi) is 6.61. The van der Waals surface area contributed by atoms with Gasteiger partial charge in [0.2, 0.25) is 10.0 Å². The topological polar surface area (TPSA) is 96.0 Å². The highest BCUT2D eigenvalue weighted by Crippen LogP contribution is 2.21. The maximum Gasteiger partial charge on any atom is 0.389 e. The average molecular weight is 289 g/mol. The van der Waals surface area contributed by atoms with Crippen LogP contribution in [0.2, 0.25) is 0 Å². The van der Waals surface area contributed by atoms with Crippen LogP contribution in [0.4, 0.5) is 13.2 Å². The fourth-order valence-corrected chi connectivity index (χ4v) is 2.63. The number of hydrogen-bond acceptors (Lipinski definition) is 3. The molecule has 18 heavy (non-hydrogen) atoms. The second-order valence-corrected chi connectivity index (χ2v) is 5.83. The Morgan fingerprint density at radius 1 is 1.44 bits per heavy atom. The predicted octanol–water partition coefficient (Wildman–Crippen LogP) is 1.35. The number of alkyl halides is 3. The molecule has 0 aliphatic rings. The van der Waals surface area contributed by atoms with Gasteiger partial charge in [0.25, 0.3) is 0 Å². The number of halogens is 3. The second kappa shape index (κ2) is 6.93. The first kappa shape index (κ1) is 17.2. The zero-order valence-corrected chi connectivity index (χ0v) is 10.9. The lowest BCUT2D eigenvalue weighted by Crippen LogP contribution is -2.44. The summed E-state index contributed by atoms with van der Waals surface area (Å²) in [6.07, 6.45) is -5.07. The first-order valence-corrected chi connectivity index (χ1v) is 7.13. The lowest BCUT2D eigenvalue weighted by molar-refractivity contribution is -0.134. The van der Waals surface area contributed by atoms with Gasteiger partial charge in [0.1, 0.15) is 5.84 Å². The first-order valence-electron chi connectivity index (χ1n) is 5.48. The van der Waals surface area contributed by atoms with Gasteiger partial charge >= 0.3 is 6.18 Å². The van der Waals surface area contributed by atoms with Crippen molar-refractivity contribution < 1.29 is 21.6 Å². The summed E-state index contributed by atoms with van der Waals surface area (Å²) in [4.78, 5) is 0. The van der Waals surface area contributed by atoms with E-state index in [9.17, 15) is 21.6 Å². The molecule has 0 bridgehead atoms. The van der Waals surface area contributed by atoms with Gasteiger partial charge in [-0.15, -0.1) is 0 Å². The molecule has 0 amide bonds. The monoisotopic (exact) mass is 289 g/mol. The summed E-state index contributed by atoms with van der Waals surface area (Å²) in [5.74, 6) is -0.962. The van der Waals surface area contributed by atoms with Crippen LogP contribution in [0.1, 0.15) is 32.6 Å². The largest absolute Gasteiger partial charge is 0.389 e. The van der Waals surface area contributed by atoms with Gasteiger partial charge in [-0.3, -0.25) is 5.41 Å². The molecule has 4 N–H and O–H groups in total. The number of amidine groups is 1. The zero-order chi connectivity index (χ0) is 14.4. The molecule has 0 aromatic carbocycles. The molecular weight excluding hydrogens is 271 g/mol. The number of nitrogens with one attached hydrogen (secondary N) is 2. The van der Waals surface area contributed by atoms with Crippen molar-refractivity contribution in [2.75, 3.05) is 5.75 Å². The molecule has 0 spiro atoms. The quantitative estimate of drug-likeness (QED) is 0.465. The normalized spacial score (nSPS) is 14.4. The number of rotatable bonds is 8. The average Bonchev–Trinajstić information content (AvgIpc) is 2.13. The van der Waals surface area contributed by atoms with Crippen molar-refractivity contribution in [1.29, 1.82) is 5.41 Å². The van der Waals surface area contributed by atoms with Crippen LogP contribution >= 0.6 is 0 Å². The van der Waals surface area contributed by atoms with Crippen molar-refractivity contribution in [3.8, 4) is 0 Å². The van der Waals surface area contributed by atoms with E-state index in [4.69, 9.17) is 11.1 Å². The molecule has 0 aliphatic heterocycles. The summed E-state index contributed by atoms with van der Waals surface area (Å²) >= 11 is 0. The summed E-state index contributed by atoms with van der Waals surface area (Å²) in [5, 5.41) is 7.18. The molecule has 1 unspecified atom stereocenters. The molecule has 0 aromatic heterocycles. The number of sulfonamides is 1. The third-order valence-corrected chi connectivity index (χ3v) is 3.62. The molecule has 0 saturated carbocycles.